The zero-order chi connectivity index (χ0) is 11.4. The van der Waals surface area contributed by atoms with Crippen LogP contribution < -0.4 is 0 Å². The Hall–Kier alpha value is -0.130. The summed E-state index contributed by atoms with van der Waals surface area (Å²) in [5.74, 6) is 0. The van der Waals surface area contributed by atoms with Gasteiger partial charge in [0.1, 0.15) is 0 Å². The lowest BCUT2D eigenvalue weighted by Crippen LogP contribution is -2.41. The van der Waals surface area contributed by atoms with Crippen LogP contribution in [0.25, 0.3) is 0 Å². The molecule has 81 valence electrons. The van der Waals surface area contributed by atoms with Crippen molar-refractivity contribution in [2.45, 2.75) is 38.8 Å². The third-order valence-corrected chi connectivity index (χ3v) is 3.99. The Kier molecular flexibility index (Phi) is 2.41. The second-order valence-electron chi connectivity index (χ2n) is 5.10. The number of fused-ring (bicyclic) bond motifs is 1. The first-order valence-corrected chi connectivity index (χ1v) is 6.14. The van der Waals surface area contributed by atoms with Crippen LogP contribution in [0.2, 0.25) is 0 Å². The van der Waals surface area contributed by atoms with Gasteiger partial charge in [0.05, 0.1) is 11.1 Å². The van der Waals surface area contributed by atoms with Gasteiger partial charge in [-0.15, -0.1) is 10.3 Å². The number of hydrogen-bond donors (Lipinski definition) is 0. The highest BCUT2D eigenvalue weighted by Crippen LogP contribution is 2.48. The number of hydroxylamine groups is 2. The standard InChI is InChI=1S/C12H15INO/c1-11(2)9-6-5-8(13)7-10(9)12(3,4)14(11)15/h5-7H,1-4H3. The average molecular weight is 316 g/mol. The van der Waals surface area contributed by atoms with Gasteiger partial charge in [0.15, 0.2) is 0 Å². The normalized spacial score (nSPS) is 22.8. The molecule has 3 heteroatoms. The summed E-state index contributed by atoms with van der Waals surface area (Å²) in [6, 6.07) is 6.27. The van der Waals surface area contributed by atoms with Crippen LogP contribution in [0.5, 0.6) is 0 Å². The van der Waals surface area contributed by atoms with E-state index in [1.807, 2.05) is 27.7 Å². The molecule has 0 atom stereocenters. The molecule has 1 aromatic rings. The third-order valence-electron chi connectivity index (χ3n) is 3.32. The Balaban J connectivity index is 2.71. The van der Waals surface area contributed by atoms with Gasteiger partial charge < -0.3 is 0 Å². The molecule has 1 radical (unpaired) electrons. The van der Waals surface area contributed by atoms with Crippen LogP contribution in [0.3, 0.4) is 0 Å². The van der Waals surface area contributed by atoms with Gasteiger partial charge in [-0.2, -0.15) is 0 Å². The SMILES string of the molecule is CC1(C)c2ccc(I)cc2C(C)(C)N1[O]. The van der Waals surface area contributed by atoms with Gasteiger partial charge in [0.25, 0.3) is 0 Å². The van der Waals surface area contributed by atoms with E-state index in [1.165, 1.54) is 8.63 Å². The maximum atomic E-state index is 12.2. The second kappa shape index (κ2) is 3.18. The van der Waals surface area contributed by atoms with Crippen molar-refractivity contribution in [2.24, 2.45) is 0 Å². The summed E-state index contributed by atoms with van der Waals surface area (Å²) < 4.78 is 1.19. The minimum Gasteiger partial charge on any atom is -0.135 e. The molecule has 0 unspecified atom stereocenters. The zero-order valence-corrected chi connectivity index (χ0v) is 11.6. The summed E-state index contributed by atoms with van der Waals surface area (Å²) in [4.78, 5) is 0. The maximum Gasteiger partial charge on any atom is 0.0699 e. The van der Waals surface area contributed by atoms with E-state index in [1.54, 1.807) is 0 Å². The molecule has 0 aliphatic carbocycles. The molecule has 2 rings (SSSR count). The molecule has 0 aromatic heterocycles. The summed E-state index contributed by atoms with van der Waals surface area (Å²) in [5, 5.41) is 13.4. The van der Waals surface area contributed by atoms with Crippen LogP contribution in [0.15, 0.2) is 18.2 Å². The van der Waals surface area contributed by atoms with Crippen LogP contribution in [-0.4, -0.2) is 5.06 Å². The van der Waals surface area contributed by atoms with E-state index in [9.17, 15) is 5.21 Å². The van der Waals surface area contributed by atoms with Crippen molar-refractivity contribution in [3.63, 3.8) is 0 Å². The smallest absolute Gasteiger partial charge is 0.0699 e. The van der Waals surface area contributed by atoms with Crippen LogP contribution in [0.1, 0.15) is 38.8 Å². The molecular weight excluding hydrogens is 301 g/mol. The lowest BCUT2D eigenvalue weighted by atomic mass is 9.91. The predicted octanol–water partition coefficient (Wildman–Crippen LogP) is 3.42. The van der Waals surface area contributed by atoms with Crippen molar-refractivity contribution in [3.05, 3.63) is 32.9 Å². The summed E-state index contributed by atoms with van der Waals surface area (Å²) in [7, 11) is 0. The fourth-order valence-corrected chi connectivity index (χ4v) is 2.96. The molecule has 0 N–H and O–H groups in total. The molecule has 0 saturated heterocycles. The molecule has 0 saturated carbocycles. The number of hydrogen-bond acceptors (Lipinski definition) is 1. The minimum atomic E-state index is -0.417. The van der Waals surface area contributed by atoms with Crippen molar-refractivity contribution >= 4 is 22.6 Å². The largest absolute Gasteiger partial charge is 0.135 e. The van der Waals surface area contributed by atoms with Crippen LogP contribution in [-0.2, 0) is 16.3 Å². The molecule has 1 aliphatic rings. The van der Waals surface area contributed by atoms with E-state index < -0.39 is 11.1 Å². The highest BCUT2D eigenvalue weighted by Gasteiger charge is 2.49. The van der Waals surface area contributed by atoms with Crippen LogP contribution >= 0.6 is 22.6 Å². The van der Waals surface area contributed by atoms with Gasteiger partial charge in [-0.1, -0.05) is 6.07 Å². The van der Waals surface area contributed by atoms with Gasteiger partial charge in [-0.25, -0.2) is 0 Å². The van der Waals surface area contributed by atoms with Gasteiger partial charge in [0, 0.05) is 3.57 Å². The Morgan fingerprint density at radius 2 is 1.60 bits per heavy atom. The van der Waals surface area contributed by atoms with Crippen molar-refractivity contribution in [2.75, 3.05) is 0 Å². The van der Waals surface area contributed by atoms with Gasteiger partial charge >= 0.3 is 0 Å². The predicted molar refractivity (Wildman–Crippen MR) is 67.7 cm³/mol. The summed E-state index contributed by atoms with van der Waals surface area (Å²) in [6.07, 6.45) is 0. The second-order valence-corrected chi connectivity index (χ2v) is 6.35. The average Bonchev–Trinajstić information content (AvgIpc) is 2.26. The molecule has 1 aromatic carbocycles. The van der Waals surface area contributed by atoms with Crippen molar-refractivity contribution in [1.29, 1.82) is 0 Å². The molecule has 0 bridgehead atoms. The maximum absolute atomic E-state index is 12.2. The third kappa shape index (κ3) is 1.44. The van der Waals surface area contributed by atoms with Gasteiger partial charge in [-0.3, -0.25) is 0 Å². The number of nitrogens with zero attached hydrogens (tertiary/aromatic N) is 1. The van der Waals surface area contributed by atoms with Gasteiger partial charge in [-0.05, 0) is 73.5 Å². The lowest BCUT2D eigenvalue weighted by Gasteiger charge is -2.32. The topological polar surface area (TPSA) is 23.1 Å². The van der Waals surface area contributed by atoms with Crippen molar-refractivity contribution in [1.82, 2.24) is 5.06 Å². The van der Waals surface area contributed by atoms with E-state index in [4.69, 9.17) is 0 Å². The molecular formula is C12H15INO. The first-order valence-electron chi connectivity index (χ1n) is 5.06. The molecule has 15 heavy (non-hydrogen) atoms. The summed E-state index contributed by atoms with van der Waals surface area (Å²) >= 11 is 2.29. The molecule has 0 spiro atoms. The fraction of sp³-hybridized carbons (Fsp3) is 0.500. The molecule has 2 nitrogen and oxygen atoms in total. The van der Waals surface area contributed by atoms with Crippen molar-refractivity contribution < 1.29 is 5.21 Å². The van der Waals surface area contributed by atoms with Gasteiger partial charge in [0.2, 0.25) is 0 Å². The van der Waals surface area contributed by atoms with Crippen LogP contribution in [0.4, 0.5) is 0 Å². The summed E-state index contributed by atoms with van der Waals surface area (Å²) in [6.45, 7) is 7.95. The van der Waals surface area contributed by atoms with E-state index in [2.05, 4.69) is 40.8 Å². The number of halogens is 1. The number of rotatable bonds is 0. The Morgan fingerprint density at radius 3 is 2.20 bits per heavy atom. The lowest BCUT2D eigenvalue weighted by molar-refractivity contribution is -0.266. The first-order chi connectivity index (χ1) is 6.78. The zero-order valence-electron chi connectivity index (χ0n) is 9.47. The quantitative estimate of drug-likeness (QED) is 0.673. The highest BCUT2D eigenvalue weighted by atomic mass is 127. The Labute approximate surface area is 104 Å². The first kappa shape index (κ1) is 11.4. The molecule has 1 heterocycles. The highest BCUT2D eigenvalue weighted by molar-refractivity contribution is 14.1. The Morgan fingerprint density at radius 1 is 1.07 bits per heavy atom. The van der Waals surface area contributed by atoms with E-state index in [0.717, 1.165) is 11.1 Å². The van der Waals surface area contributed by atoms with E-state index in [0.29, 0.717) is 0 Å². The fourth-order valence-electron chi connectivity index (χ4n) is 2.47. The minimum absolute atomic E-state index is 0.414. The molecule has 1 aliphatic heterocycles. The van der Waals surface area contributed by atoms with E-state index >= 15 is 0 Å². The van der Waals surface area contributed by atoms with Crippen LogP contribution in [0, 0.1) is 3.57 Å². The summed E-state index contributed by atoms with van der Waals surface area (Å²) in [5.41, 5.74) is 1.49. The Bertz CT molecular complexity index is 412. The molecule has 0 fully saturated rings. The van der Waals surface area contributed by atoms with E-state index in [-0.39, 0.29) is 0 Å². The van der Waals surface area contributed by atoms with Crippen molar-refractivity contribution in [3.8, 4) is 0 Å². The molecule has 0 amide bonds. The number of benzene rings is 1. The monoisotopic (exact) mass is 316 g/mol.